The molecule has 1 aliphatic rings. The summed E-state index contributed by atoms with van der Waals surface area (Å²) < 4.78 is 11.4. The van der Waals surface area contributed by atoms with Gasteiger partial charge in [-0.2, -0.15) is 5.26 Å². The van der Waals surface area contributed by atoms with E-state index in [2.05, 4.69) is 42.3 Å². The molecule has 0 spiro atoms. The Morgan fingerprint density at radius 2 is 1.93 bits per heavy atom. The van der Waals surface area contributed by atoms with Crippen LogP contribution in [0.3, 0.4) is 0 Å². The van der Waals surface area contributed by atoms with Crippen molar-refractivity contribution < 1.29 is 9.47 Å². The second kappa shape index (κ2) is 9.70. The Morgan fingerprint density at radius 3 is 2.71 bits per heavy atom. The van der Waals surface area contributed by atoms with Crippen molar-refractivity contribution in [2.75, 3.05) is 32.8 Å². The molecule has 5 heteroatoms. The number of hydrogen-bond donors (Lipinski definition) is 1. The number of benzene rings is 2. The third kappa shape index (κ3) is 5.56. The molecule has 3 rings (SSSR count). The average molecular weight is 380 g/mol. The Labute approximate surface area is 167 Å². The lowest BCUT2D eigenvalue weighted by molar-refractivity contribution is -0.00967. The van der Waals surface area contributed by atoms with Crippen LogP contribution in [0.2, 0.25) is 0 Å². The van der Waals surface area contributed by atoms with Crippen LogP contribution in [0.1, 0.15) is 30.5 Å². The second-order valence-electron chi connectivity index (χ2n) is 7.72. The third-order valence-corrected chi connectivity index (χ3v) is 5.18. The summed E-state index contributed by atoms with van der Waals surface area (Å²) in [5, 5.41) is 12.8. The first-order chi connectivity index (χ1) is 13.6. The predicted molar refractivity (Wildman–Crippen MR) is 110 cm³/mol. The average Bonchev–Trinajstić information content (AvgIpc) is 2.73. The van der Waals surface area contributed by atoms with Crippen LogP contribution in [0.4, 0.5) is 0 Å². The number of hydrogen-bond acceptors (Lipinski definition) is 5. The van der Waals surface area contributed by atoms with E-state index in [0.29, 0.717) is 12.2 Å². The zero-order valence-electron chi connectivity index (χ0n) is 16.8. The molecule has 0 aromatic heterocycles. The van der Waals surface area contributed by atoms with Crippen molar-refractivity contribution >= 4 is 0 Å². The predicted octanol–water partition coefficient (Wildman–Crippen LogP) is 3.34. The van der Waals surface area contributed by atoms with E-state index in [1.54, 1.807) is 0 Å². The highest BCUT2D eigenvalue weighted by molar-refractivity contribution is 5.37. The Morgan fingerprint density at radius 1 is 1.14 bits per heavy atom. The van der Waals surface area contributed by atoms with Gasteiger partial charge in [0, 0.05) is 37.3 Å². The Hall–Kier alpha value is -2.39. The molecule has 0 unspecified atom stereocenters. The van der Waals surface area contributed by atoms with Gasteiger partial charge in [0.2, 0.25) is 0 Å². The molecule has 0 amide bonds. The first-order valence-electron chi connectivity index (χ1n) is 9.82. The van der Waals surface area contributed by atoms with E-state index in [1.807, 2.05) is 36.4 Å². The van der Waals surface area contributed by atoms with Gasteiger partial charge in [-0.05, 0) is 37.6 Å². The highest BCUT2D eigenvalue weighted by Crippen LogP contribution is 2.18. The molecule has 0 saturated carbocycles. The smallest absolute Gasteiger partial charge is 0.120 e. The van der Waals surface area contributed by atoms with E-state index in [0.717, 1.165) is 50.7 Å². The molecular formula is C23H29N3O2. The maximum Gasteiger partial charge on any atom is 0.120 e. The lowest BCUT2D eigenvalue weighted by Gasteiger charge is -2.41. The van der Waals surface area contributed by atoms with Gasteiger partial charge in [-0.15, -0.1) is 0 Å². The summed E-state index contributed by atoms with van der Waals surface area (Å²) in [5.41, 5.74) is 2.84. The number of rotatable bonds is 8. The van der Waals surface area contributed by atoms with Crippen LogP contribution in [-0.2, 0) is 17.9 Å². The fraction of sp³-hybridized carbons (Fsp3) is 0.435. The Balaban J connectivity index is 1.51. The van der Waals surface area contributed by atoms with Crippen LogP contribution < -0.4 is 10.1 Å². The van der Waals surface area contributed by atoms with Crippen LogP contribution in [0, 0.1) is 11.3 Å². The molecule has 1 fully saturated rings. The SMILES string of the molecule is CC(C)(CNCc1cccc(OCc2ccccc2C#N)c1)N1CCOCC1. The summed E-state index contributed by atoms with van der Waals surface area (Å²) in [6, 6.07) is 17.9. The number of nitrogens with zero attached hydrogens (tertiary/aromatic N) is 2. The summed E-state index contributed by atoms with van der Waals surface area (Å²) in [4.78, 5) is 2.48. The minimum Gasteiger partial charge on any atom is -0.489 e. The van der Waals surface area contributed by atoms with Crippen molar-refractivity contribution in [2.24, 2.45) is 0 Å². The standard InChI is InChI=1S/C23H29N3O2/c1-23(2,26-10-12-27-13-11-26)18-25-16-19-6-5-9-22(14-19)28-17-21-8-4-3-7-20(21)15-24/h3-9,14,25H,10-13,16-18H2,1-2H3. The highest BCUT2D eigenvalue weighted by atomic mass is 16.5. The molecule has 2 aromatic rings. The first-order valence-corrected chi connectivity index (χ1v) is 9.82. The van der Waals surface area contributed by atoms with Crippen molar-refractivity contribution in [1.29, 1.82) is 5.26 Å². The Bertz CT molecular complexity index is 807. The van der Waals surface area contributed by atoms with Crippen LogP contribution in [0.25, 0.3) is 0 Å². The summed E-state index contributed by atoms with van der Waals surface area (Å²) in [7, 11) is 0. The van der Waals surface area contributed by atoms with Gasteiger partial charge in [0.15, 0.2) is 0 Å². The van der Waals surface area contributed by atoms with Crippen molar-refractivity contribution in [3.63, 3.8) is 0 Å². The van der Waals surface area contributed by atoms with Gasteiger partial charge in [0.1, 0.15) is 12.4 Å². The van der Waals surface area contributed by atoms with Crippen LogP contribution >= 0.6 is 0 Å². The van der Waals surface area contributed by atoms with Crippen LogP contribution in [-0.4, -0.2) is 43.3 Å². The number of nitriles is 1. The maximum atomic E-state index is 9.19. The van der Waals surface area contributed by atoms with Crippen molar-refractivity contribution in [2.45, 2.75) is 32.5 Å². The van der Waals surface area contributed by atoms with E-state index in [-0.39, 0.29) is 5.54 Å². The number of morpholine rings is 1. The largest absolute Gasteiger partial charge is 0.489 e. The zero-order valence-corrected chi connectivity index (χ0v) is 16.8. The summed E-state index contributed by atoms with van der Waals surface area (Å²) in [6.07, 6.45) is 0. The lowest BCUT2D eigenvalue weighted by Crippen LogP contribution is -2.54. The van der Waals surface area contributed by atoms with Gasteiger partial charge in [-0.3, -0.25) is 4.90 Å². The minimum absolute atomic E-state index is 0.0961. The molecule has 148 valence electrons. The molecule has 1 aliphatic heterocycles. The summed E-state index contributed by atoms with van der Waals surface area (Å²) in [5.74, 6) is 0.819. The maximum absolute atomic E-state index is 9.19. The quantitative estimate of drug-likeness (QED) is 0.762. The van der Waals surface area contributed by atoms with E-state index in [4.69, 9.17) is 9.47 Å². The molecule has 1 N–H and O–H groups in total. The molecular weight excluding hydrogens is 350 g/mol. The molecule has 28 heavy (non-hydrogen) atoms. The highest BCUT2D eigenvalue weighted by Gasteiger charge is 2.27. The van der Waals surface area contributed by atoms with Gasteiger partial charge in [0.25, 0.3) is 0 Å². The summed E-state index contributed by atoms with van der Waals surface area (Å²) in [6.45, 7) is 10.3. The first kappa shape index (κ1) is 20.3. The van der Waals surface area contributed by atoms with Gasteiger partial charge in [0.05, 0.1) is 24.8 Å². The fourth-order valence-electron chi connectivity index (χ4n) is 3.45. The summed E-state index contributed by atoms with van der Waals surface area (Å²) >= 11 is 0. The normalized spacial score (nSPS) is 15.2. The zero-order chi connectivity index (χ0) is 19.8. The molecule has 2 aromatic carbocycles. The van der Waals surface area contributed by atoms with Crippen molar-refractivity contribution in [3.05, 3.63) is 65.2 Å². The minimum atomic E-state index is 0.0961. The van der Waals surface area contributed by atoms with Crippen molar-refractivity contribution in [3.8, 4) is 11.8 Å². The molecule has 0 bridgehead atoms. The fourth-order valence-corrected chi connectivity index (χ4v) is 3.45. The van der Waals surface area contributed by atoms with E-state index < -0.39 is 0 Å². The van der Waals surface area contributed by atoms with Gasteiger partial charge in [-0.1, -0.05) is 30.3 Å². The molecule has 5 nitrogen and oxygen atoms in total. The second-order valence-corrected chi connectivity index (χ2v) is 7.72. The van der Waals surface area contributed by atoms with Crippen LogP contribution in [0.5, 0.6) is 5.75 Å². The topological polar surface area (TPSA) is 57.5 Å². The van der Waals surface area contributed by atoms with E-state index in [1.165, 1.54) is 5.56 Å². The van der Waals surface area contributed by atoms with Gasteiger partial charge >= 0.3 is 0 Å². The number of nitrogens with one attached hydrogen (secondary N) is 1. The Kier molecular flexibility index (Phi) is 7.05. The van der Waals surface area contributed by atoms with E-state index in [9.17, 15) is 5.26 Å². The molecule has 0 atom stereocenters. The lowest BCUT2D eigenvalue weighted by atomic mass is 10.0. The van der Waals surface area contributed by atoms with Crippen molar-refractivity contribution in [1.82, 2.24) is 10.2 Å². The number of ether oxygens (including phenoxy) is 2. The monoisotopic (exact) mass is 379 g/mol. The van der Waals surface area contributed by atoms with Gasteiger partial charge in [-0.25, -0.2) is 0 Å². The van der Waals surface area contributed by atoms with Crippen LogP contribution in [0.15, 0.2) is 48.5 Å². The molecule has 0 radical (unpaired) electrons. The van der Waals surface area contributed by atoms with E-state index >= 15 is 0 Å². The molecule has 1 saturated heterocycles. The molecule has 1 heterocycles. The molecule has 0 aliphatic carbocycles. The van der Waals surface area contributed by atoms with Gasteiger partial charge < -0.3 is 14.8 Å². The third-order valence-electron chi connectivity index (χ3n) is 5.18.